The molecule has 0 radical (unpaired) electrons. The number of nitrogens with zero attached hydrogens (tertiary/aromatic N) is 1. The van der Waals surface area contributed by atoms with Gasteiger partial charge in [0.15, 0.2) is 0 Å². The fraction of sp³-hybridized carbons (Fsp3) is 0.833. The van der Waals surface area contributed by atoms with Crippen LogP contribution in [0.2, 0.25) is 0 Å². The third-order valence-electron chi connectivity index (χ3n) is 3.45. The van der Waals surface area contributed by atoms with Crippen LogP contribution >= 0.6 is 11.8 Å². The first-order valence-electron chi connectivity index (χ1n) is 6.61. The Morgan fingerprint density at radius 3 is 2.79 bits per heavy atom. The number of ether oxygens (including phenoxy) is 1. The van der Waals surface area contributed by atoms with Gasteiger partial charge in [0.2, 0.25) is 0 Å². The number of carboxylic acids is 1. The largest absolute Gasteiger partial charge is 0.481 e. The summed E-state index contributed by atoms with van der Waals surface area (Å²) in [5, 5.41) is 11.9. The fourth-order valence-electron chi connectivity index (χ4n) is 2.39. The van der Waals surface area contributed by atoms with Crippen LogP contribution in [0.15, 0.2) is 0 Å². The highest BCUT2D eigenvalue weighted by molar-refractivity contribution is 7.99. The van der Waals surface area contributed by atoms with Gasteiger partial charge in [-0.1, -0.05) is 0 Å². The Morgan fingerprint density at radius 1 is 1.37 bits per heavy atom. The normalized spacial score (nSPS) is 25.1. The van der Waals surface area contributed by atoms with Crippen LogP contribution < -0.4 is 5.32 Å². The summed E-state index contributed by atoms with van der Waals surface area (Å²) in [6.45, 7) is 1.98. The molecule has 2 heterocycles. The summed E-state index contributed by atoms with van der Waals surface area (Å²) < 4.78 is 5.25. The average Bonchev–Trinajstić information content (AvgIpc) is 2.39. The van der Waals surface area contributed by atoms with E-state index in [0.29, 0.717) is 25.5 Å². The van der Waals surface area contributed by atoms with Gasteiger partial charge in [0, 0.05) is 37.3 Å². The van der Waals surface area contributed by atoms with Crippen LogP contribution in [0.1, 0.15) is 19.3 Å². The zero-order valence-electron chi connectivity index (χ0n) is 10.8. The SMILES string of the molecule is O=C(O)CC1CSCCN1C(=O)NC1CCOCC1. The fourth-order valence-corrected chi connectivity index (χ4v) is 3.45. The molecule has 0 bridgehead atoms. The minimum absolute atomic E-state index is 0.0220. The van der Waals surface area contributed by atoms with E-state index in [-0.39, 0.29) is 24.5 Å². The highest BCUT2D eigenvalue weighted by atomic mass is 32.2. The van der Waals surface area contributed by atoms with E-state index in [4.69, 9.17) is 9.84 Å². The van der Waals surface area contributed by atoms with Gasteiger partial charge in [-0.25, -0.2) is 4.79 Å². The van der Waals surface area contributed by atoms with E-state index in [9.17, 15) is 9.59 Å². The first kappa shape index (κ1) is 14.5. The van der Waals surface area contributed by atoms with Crippen LogP contribution in [0.25, 0.3) is 0 Å². The Bertz CT molecular complexity index is 334. The van der Waals surface area contributed by atoms with Gasteiger partial charge in [-0.3, -0.25) is 4.79 Å². The van der Waals surface area contributed by atoms with Crippen molar-refractivity contribution in [3.63, 3.8) is 0 Å². The second-order valence-corrected chi connectivity index (χ2v) is 6.01. The van der Waals surface area contributed by atoms with Crippen molar-refractivity contribution in [2.75, 3.05) is 31.3 Å². The molecule has 0 aliphatic carbocycles. The zero-order chi connectivity index (χ0) is 13.7. The maximum atomic E-state index is 12.2. The minimum Gasteiger partial charge on any atom is -0.481 e. The highest BCUT2D eigenvalue weighted by Crippen LogP contribution is 2.19. The van der Waals surface area contributed by atoms with Gasteiger partial charge in [-0.2, -0.15) is 11.8 Å². The number of amides is 2. The Morgan fingerprint density at radius 2 is 2.11 bits per heavy atom. The summed E-state index contributed by atoms with van der Waals surface area (Å²) in [5.74, 6) is 0.724. The molecule has 19 heavy (non-hydrogen) atoms. The zero-order valence-corrected chi connectivity index (χ0v) is 11.7. The van der Waals surface area contributed by atoms with E-state index in [2.05, 4.69) is 5.32 Å². The second kappa shape index (κ2) is 7.00. The Kier molecular flexibility index (Phi) is 5.33. The van der Waals surface area contributed by atoms with Crippen LogP contribution in [0, 0.1) is 0 Å². The summed E-state index contributed by atoms with van der Waals surface area (Å²) in [7, 11) is 0. The summed E-state index contributed by atoms with van der Waals surface area (Å²) in [5.41, 5.74) is 0. The number of carboxylic acid groups (broad SMARTS) is 1. The van der Waals surface area contributed by atoms with Crippen molar-refractivity contribution in [3.05, 3.63) is 0 Å². The molecule has 2 amide bonds. The molecule has 6 nitrogen and oxygen atoms in total. The van der Waals surface area contributed by atoms with Crippen molar-refractivity contribution < 1.29 is 19.4 Å². The van der Waals surface area contributed by atoms with Crippen molar-refractivity contribution >= 4 is 23.8 Å². The molecule has 108 valence electrons. The number of carbonyl (C=O) groups is 2. The van der Waals surface area contributed by atoms with Gasteiger partial charge in [0.05, 0.1) is 12.5 Å². The molecule has 2 N–H and O–H groups in total. The number of carbonyl (C=O) groups excluding carboxylic acids is 1. The summed E-state index contributed by atoms with van der Waals surface area (Å²) in [6, 6.07) is -0.171. The molecule has 2 rings (SSSR count). The molecule has 0 aromatic rings. The predicted molar refractivity (Wildman–Crippen MR) is 72.4 cm³/mol. The topological polar surface area (TPSA) is 78.9 Å². The first-order valence-corrected chi connectivity index (χ1v) is 7.76. The molecule has 0 aromatic carbocycles. The highest BCUT2D eigenvalue weighted by Gasteiger charge is 2.30. The van der Waals surface area contributed by atoms with Crippen molar-refractivity contribution in [2.24, 2.45) is 0 Å². The first-order chi connectivity index (χ1) is 9.16. The third-order valence-corrected chi connectivity index (χ3v) is 4.54. The van der Waals surface area contributed by atoms with Gasteiger partial charge < -0.3 is 20.1 Å². The van der Waals surface area contributed by atoms with Gasteiger partial charge in [-0.05, 0) is 12.8 Å². The van der Waals surface area contributed by atoms with E-state index in [1.807, 2.05) is 0 Å². The van der Waals surface area contributed by atoms with Crippen LogP contribution in [0.3, 0.4) is 0 Å². The number of aliphatic carboxylic acids is 1. The van der Waals surface area contributed by atoms with Crippen molar-refractivity contribution in [3.8, 4) is 0 Å². The molecule has 0 spiro atoms. The second-order valence-electron chi connectivity index (χ2n) is 4.86. The molecule has 2 aliphatic rings. The molecular weight excluding hydrogens is 268 g/mol. The van der Waals surface area contributed by atoms with Crippen LogP contribution in [0.5, 0.6) is 0 Å². The maximum absolute atomic E-state index is 12.2. The number of urea groups is 1. The van der Waals surface area contributed by atoms with E-state index in [1.165, 1.54) is 0 Å². The summed E-state index contributed by atoms with van der Waals surface area (Å²) >= 11 is 1.71. The quantitative estimate of drug-likeness (QED) is 0.802. The van der Waals surface area contributed by atoms with E-state index in [0.717, 1.165) is 18.6 Å². The van der Waals surface area contributed by atoms with E-state index in [1.54, 1.807) is 16.7 Å². The predicted octanol–water partition coefficient (Wildman–Crippen LogP) is 0.767. The van der Waals surface area contributed by atoms with Crippen LogP contribution in [0.4, 0.5) is 4.79 Å². The minimum atomic E-state index is -0.851. The summed E-state index contributed by atoms with van der Waals surface area (Å²) in [6.07, 6.45) is 1.68. The average molecular weight is 288 g/mol. The monoisotopic (exact) mass is 288 g/mol. The molecule has 2 aliphatic heterocycles. The smallest absolute Gasteiger partial charge is 0.317 e. The standard InChI is InChI=1S/C12H20N2O4S/c15-11(16)7-10-8-19-6-3-14(10)12(17)13-9-1-4-18-5-2-9/h9-10H,1-8H2,(H,13,17)(H,15,16). The molecule has 0 saturated carbocycles. The molecule has 0 aromatic heterocycles. The lowest BCUT2D eigenvalue weighted by Crippen LogP contribution is -2.54. The van der Waals surface area contributed by atoms with E-state index >= 15 is 0 Å². The lowest BCUT2D eigenvalue weighted by Gasteiger charge is -2.36. The lowest BCUT2D eigenvalue weighted by molar-refractivity contribution is -0.138. The molecule has 1 unspecified atom stereocenters. The van der Waals surface area contributed by atoms with Gasteiger partial charge in [-0.15, -0.1) is 0 Å². The third kappa shape index (κ3) is 4.28. The van der Waals surface area contributed by atoms with E-state index < -0.39 is 5.97 Å². The Hall–Kier alpha value is -0.950. The lowest BCUT2D eigenvalue weighted by atomic mass is 10.1. The number of thioether (sulfide) groups is 1. The Labute approximate surface area is 116 Å². The van der Waals surface area contributed by atoms with Gasteiger partial charge >= 0.3 is 12.0 Å². The Balaban J connectivity index is 1.88. The molecule has 2 saturated heterocycles. The molecular formula is C12H20N2O4S. The maximum Gasteiger partial charge on any atom is 0.317 e. The molecule has 7 heteroatoms. The van der Waals surface area contributed by atoms with Crippen molar-refractivity contribution in [2.45, 2.75) is 31.3 Å². The van der Waals surface area contributed by atoms with Crippen molar-refractivity contribution in [1.29, 1.82) is 0 Å². The van der Waals surface area contributed by atoms with Gasteiger partial charge in [0.1, 0.15) is 0 Å². The number of rotatable bonds is 3. The molecule has 1 atom stereocenters. The number of nitrogens with one attached hydrogen (secondary N) is 1. The molecule has 2 fully saturated rings. The number of hydrogen-bond donors (Lipinski definition) is 2. The van der Waals surface area contributed by atoms with Crippen LogP contribution in [-0.4, -0.2) is 65.4 Å². The van der Waals surface area contributed by atoms with Gasteiger partial charge in [0.25, 0.3) is 0 Å². The summed E-state index contributed by atoms with van der Waals surface area (Å²) in [4.78, 5) is 24.8. The van der Waals surface area contributed by atoms with Crippen molar-refractivity contribution in [1.82, 2.24) is 10.2 Å². The number of hydrogen-bond acceptors (Lipinski definition) is 4. The van der Waals surface area contributed by atoms with Crippen LogP contribution in [-0.2, 0) is 9.53 Å².